The molecule has 0 aromatic carbocycles. The number of terminal acetylenes is 2. The van der Waals surface area contributed by atoms with Crippen molar-refractivity contribution in [2.24, 2.45) is 0 Å². The van der Waals surface area contributed by atoms with E-state index in [1.165, 1.54) is 11.1 Å². The number of thioether (sulfide) groups is 1. The zero-order valence-electron chi connectivity index (χ0n) is 14.1. The molecule has 0 unspecified atom stereocenters. The summed E-state index contributed by atoms with van der Waals surface area (Å²) in [5, 5.41) is 4.11. The molecule has 122 valence electrons. The first-order chi connectivity index (χ1) is 12.3. The Hall–Kier alpha value is -2.87. The van der Waals surface area contributed by atoms with Gasteiger partial charge in [-0.2, -0.15) is 0 Å². The molecule has 0 radical (unpaired) electrons. The predicted molar refractivity (Wildman–Crippen MR) is 113 cm³/mol. The van der Waals surface area contributed by atoms with Crippen molar-refractivity contribution in [1.82, 2.24) is 0 Å². The molecule has 0 nitrogen and oxygen atoms in total. The van der Waals surface area contributed by atoms with Gasteiger partial charge in [0.1, 0.15) is 0 Å². The van der Waals surface area contributed by atoms with Gasteiger partial charge < -0.3 is 0 Å². The van der Waals surface area contributed by atoms with E-state index < -0.39 is 0 Å². The molecule has 25 heavy (non-hydrogen) atoms. The van der Waals surface area contributed by atoms with Crippen LogP contribution in [0.2, 0.25) is 0 Å². The van der Waals surface area contributed by atoms with Crippen LogP contribution in [0.25, 0.3) is 0 Å². The monoisotopic (exact) mass is 340 g/mol. The second-order valence-electron chi connectivity index (χ2n) is 5.41. The van der Waals surface area contributed by atoms with Gasteiger partial charge in [0, 0.05) is 24.0 Å². The van der Waals surface area contributed by atoms with Crippen LogP contribution in [0.4, 0.5) is 0 Å². The molecule has 0 saturated heterocycles. The lowest BCUT2D eigenvalue weighted by Gasteiger charge is -1.98. The predicted octanol–water partition coefficient (Wildman–Crippen LogP) is 6.20. The SMILES string of the molecule is C#CC1=CC=CC=C(/C=C\S/C=C\C=C\C2=CC=CC=C(C#C)C2)C1. The molecular formula is C24H20S. The molecule has 0 N–H and O–H groups in total. The maximum atomic E-state index is 5.48. The summed E-state index contributed by atoms with van der Waals surface area (Å²) in [4.78, 5) is 0. The standard InChI is InChI=1S/C24H20S/c1-3-21-11-5-7-13-23(19-21)15-9-10-17-25-18-16-24-14-8-6-12-22(4-2)20-24/h1-2,5-18H,19-20H2/b15-9+,17-10-,18-16-. The van der Waals surface area contributed by atoms with E-state index in [2.05, 4.69) is 41.6 Å². The summed E-state index contributed by atoms with van der Waals surface area (Å²) in [6.07, 6.45) is 36.9. The average Bonchev–Trinajstić information content (AvgIpc) is 3.01. The molecule has 0 amide bonds. The van der Waals surface area contributed by atoms with Crippen molar-refractivity contribution < 1.29 is 0 Å². The Labute approximate surface area is 155 Å². The van der Waals surface area contributed by atoms with Crippen LogP contribution in [0, 0.1) is 24.7 Å². The second-order valence-corrected chi connectivity index (χ2v) is 6.22. The van der Waals surface area contributed by atoms with Crippen LogP contribution in [0.5, 0.6) is 0 Å². The number of rotatable bonds is 5. The van der Waals surface area contributed by atoms with Gasteiger partial charge in [-0.3, -0.25) is 0 Å². The van der Waals surface area contributed by atoms with E-state index in [0.29, 0.717) is 0 Å². The molecule has 2 rings (SSSR count). The fourth-order valence-corrected chi connectivity index (χ4v) is 2.77. The highest BCUT2D eigenvalue weighted by atomic mass is 32.2. The van der Waals surface area contributed by atoms with Crippen molar-refractivity contribution >= 4 is 11.8 Å². The molecule has 2 aliphatic carbocycles. The topological polar surface area (TPSA) is 0 Å². The molecule has 0 aromatic heterocycles. The maximum absolute atomic E-state index is 5.48. The Kier molecular flexibility index (Phi) is 7.99. The highest BCUT2D eigenvalue weighted by Gasteiger charge is 1.99. The van der Waals surface area contributed by atoms with Gasteiger partial charge in [-0.05, 0) is 22.0 Å². The fourth-order valence-electron chi connectivity index (χ4n) is 2.25. The Balaban J connectivity index is 1.80. The third-order valence-electron chi connectivity index (χ3n) is 3.54. The van der Waals surface area contributed by atoms with E-state index in [4.69, 9.17) is 12.8 Å². The first kappa shape index (κ1) is 18.5. The van der Waals surface area contributed by atoms with Crippen LogP contribution in [-0.4, -0.2) is 0 Å². The summed E-state index contributed by atoms with van der Waals surface area (Å²) in [5.74, 6) is 5.43. The zero-order valence-corrected chi connectivity index (χ0v) is 14.9. The van der Waals surface area contributed by atoms with E-state index in [9.17, 15) is 0 Å². The van der Waals surface area contributed by atoms with Crippen molar-refractivity contribution in [3.63, 3.8) is 0 Å². The van der Waals surface area contributed by atoms with Crippen LogP contribution >= 0.6 is 11.8 Å². The van der Waals surface area contributed by atoms with E-state index in [0.717, 1.165) is 24.0 Å². The van der Waals surface area contributed by atoms with Crippen LogP contribution in [0.1, 0.15) is 12.8 Å². The van der Waals surface area contributed by atoms with Crippen LogP contribution in [0.15, 0.2) is 106 Å². The minimum atomic E-state index is 0.799. The minimum Gasteiger partial charge on any atom is -0.115 e. The largest absolute Gasteiger partial charge is 0.115 e. The molecule has 1 heteroatoms. The summed E-state index contributed by atoms with van der Waals surface area (Å²) in [7, 11) is 0. The third-order valence-corrected chi connectivity index (χ3v) is 4.14. The first-order valence-electron chi connectivity index (χ1n) is 8.03. The number of allylic oxidation sites excluding steroid dienone is 16. The lowest BCUT2D eigenvalue weighted by Crippen LogP contribution is -1.81. The van der Waals surface area contributed by atoms with Crippen molar-refractivity contribution in [2.45, 2.75) is 12.8 Å². The normalized spacial score (nSPS) is 17.5. The lowest BCUT2D eigenvalue weighted by molar-refractivity contribution is 1.23. The van der Waals surface area contributed by atoms with Gasteiger partial charge in [-0.1, -0.05) is 84.8 Å². The zero-order chi connectivity index (χ0) is 17.7. The van der Waals surface area contributed by atoms with Gasteiger partial charge in [0.2, 0.25) is 0 Å². The lowest BCUT2D eigenvalue weighted by atomic mass is 10.1. The van der Waals surface area contributed by atoms with E-state index in [-0.39, 0.29) is 0 Å². The van der Waals surface area contributed by atoms with E-state index in [1.807, 2.05) is 54.0 Å². The van der Waals surface area contributed by atoms with E-state index in [1.54, 1.807) is 11.8 Å². The maximum Gasteiger partial charge on any atom is 0.00614 e. The molecule has 0 atom stereocenters. The average molecular weight is 340 g/mol. The van der Waals surface area contributed by atoms with Crippen molar-refractivity contribution in [1.29, 1.82) is 0 Å². The van der Waals surface area contributed by atoms with Gasteiger partial charge in [-0.25, -0.2) is 0 Å². The van der Waals surface area contributed by atoms with Gasteiger partial charge in [-0.15, -0.1) is 24.6 Å². The first-order valence-corrected chi connectivity index (χ1v) is 8.97. The molecule has 0 aliphatic heterocycles. The summed E-state index contributed by atoms with van der Waals surface area (Å²) in [5.41, 5.74) is 4.40. The summed E-state index contributed by atoms with van der Waals surface area (Å²) in [6.45, 7) is 0. The van der Waals surface area contributed by atoms with Crippen molar-refractivity contribution in [2.75, 3.05) is 0 Å². The number of hydrogen-bond acceptors (Lipinski definition) is 1. The van der Waals surface area contributed by atoms with Gasteiger partial charge >= 0.3 is 0 Å². The van der Waals surface area contributed by atoms with Crippen molar-refractivity contribution in [3.8, 4) is 24.7 Å². The van der Waals surface area contributed by atoms with Crippen LogP contribution < -0.4 is 0 Å². The van der Waals surface area contributed by atoms with Crippen LogP contribution in [0.3, 0.4) is 0 Å². The highest BCUT2D eigenvalue weighted by Crippen LogP contribution is 2.18. The quantitative estimate of drug-likeness (QED) is 0.424. The van der Waals surface area contributed by atoms with Crippen LogP contribution in [-0.2, 0) is 0 Å². The molecule has 0 fully saturated rings. The van der Waals surface area contributed by atoms with Gasteiger partial charge in [0.05, 0.1) is 0 Å². The van der Waals surface area contributed by atoms with Crippen molar-refractivity contribution in [3.05, 3.63) is 106 Å². The molecule has 0 bridgehead atoms. The summed E-state index contributed by atoms with van der Waals surface area (Å²) >= 11 is 1.63. The Morgan fingerprint density at radius 3 is 1.88 bits per heavy atom. The summed E-state index contributed by atoms with van der Waals surface area (Å²) < 4.78 is 0. The highest BCUT2D eigenvalue weighted by molar-refractivity contribution is 8.04. The fraction of sp³-hybridized carbons (Fsp3) is 0.0833. The van der Waals surface area contributed by atoms with Gasteiger partial charge in [0.15, 0.2) is 0 Å². The third kappa shape index (κ3) is 7.05. The van der Waals surface area contributed by atoms with Gasteiger partial charge in [0.25, 0.3) is 0 Å². The second kappa shape index (κ2) is 10.8. The Morgan fingerprint density at radius 1 is 0.720 bits per heavy atom. The molecule has 0 saturated carbocycles. The minimum absolute atomic E-state index is 0.799. The molecule has 2 aliphatic rings. The molecule has 0 heterocycles. The molecule has 0 spiro atoms. The van der Waals surface area contributed by atoms with E-state index >= 15 is 0 Å². The number of hydrogen-bond donors (Lipinski definition) is 0. The smallest absolute Gasteiger partial charge is 0.00614 e. The molecule has 0 aromatic rings. The molecular weight excluding hydrogens is 320 g/mol. The Morgan fingerprint density at radius 2 is 1.28 bits per heavy atom. The Bertz CT molecular complexity index is 832. The summed E-state index contributed by atoms with van der Waals surface area (Å²) in [6, 6.07) is 0.